The highest BCUT2D eigenvalue weighted by atomic mass is 32.2. The lowest BCUT2D eigenvalue weighted by Crippen LogP contribution is -2.13. The molecule has 0 unspecified atom stereocenters. The predicted octanol–water partition coefficient (Wildman–Crippen LogP) is 4.09. The van der Waals surface area contributed by atoms with Gasteiger partial charge in [0.1, 0.15) is 0 Å². The number of methoxy groups -OCH3 is 1. The maximum absolute atomic E-state index is 14.1. The molecule has 4 nitrogen and oxygen atoms in total. The SMILES string of the molecule is COc1ccc(-c2cc(F)c(F)cc2-c2ccccc2S(N)(=O)=O)cc1F. The van der Waals surface area contributed by atoms with Crippen LogP contribution in [0.25, 0.3) is 22.3 Å². The Bertz CT molecular complexity index is 1130. The van der Waals surface area contributed by atoms with Crippen LogP contribution in [0.4, 0.5) is 13.2 Å². The zero-order chi connectivity index (χ0) is 19.8. The van der Waals surface area contributed by atoms with E-state index in [9.17, 15) is 21.6 Å². The molecule has 0 saturated carbocycles. The molecular weight excluding hydrogens is 379 g/mol. The number of sulfonamides is 1. The second-order valence-electron chi connectivity index (χ2n) is 5.70. The smallest absolute Gasteiger partial charge is 0.238 e. The minimum Gasteiger partial charge on any atom is -0.494 e. The molecular formula is C19H14F3NO3S. The van der Waals surface area contributed by atoms with Gasteiger partial charge in [0.05, 0.1) is 12.0 Å². The number of benzene rings is 3. The summed E-state index contributed by atoms with van der Waals surface area (Å²) in [6.45, 7) is 0. The maximum Gasteiger partial charge on any atom is 0.238 e. The molecule has 0 fully saturated rings. The summed E-state index contributed by atoms with van der Waals surface area (Å²) >= 11 is 0. The van der Waals surface area contributed by atoms with Crippen LogP contribution < -0.4 is 9.88 Å². The van der Waals surface area contributed by atoms with Crippen molar-refractivity contribution >= 4 is 10.0 Å². The van der Waals surface area contributed by atoms with Crippen LogP contribution in [-0.4, -0.2) is 15.5 Å². The quantitative estimate of drug-likeness (QED) is 0.726. The fourth-order valence-corrected chi connectivity index (χ4v) is 3.53. The lowest BCUT2D eigenvalue weighted by molar-refractivity contribution is 0.386. The van der Waals surface area contributed by atoms with Crippen molar-refractivity contribution in [3.05, 3.63) is 72.0 Å². The Morgan fingerprint density at radius 1 is 0.815 bits per heavy atom. The number of nitrogens with two attached hydrogens (primary N) is 1. The molecule has 2 N–H and O–H groups in total. The molecule has 3 rings (SSSR count). The topological polar surface area (TPSA) is 69.4 Å². The van der Waals surface area contributed by atoms with Gasteiger partial charge in [0.25, 0.3) is 0 Å². The van der Waals surface area contributed by atoms with Crippen LogP contribution in [0.5, 0.6) is 5.75 Å². The molecule has 0 aromatic heterocycles. The van der Waals surface area contributed by atoms with Gasteiger partial charge in [0, 0.05) is 5.56 Å². The van der Waals surface area contributed by atoms with E-state index in [0.717, 1.165) is 18.2 Å². The average Bonchev–Trinajstić information content (AvgIpc) is 2.63. The molecule has 0 amide bonds. The number of halogens is 3. The van der Waals surface area contributed by atoms with Crippen molar-refractivity contribution in [2.45, 2.75) is 4.90 Å². The molecule has 3 aromatic rings. The van der Waals surface area contributed by atoms with Crippen LogP contribution in [0.3, 0.4) is 0 Å². The summed E-state index contributed by atoms with van der Waals surface area (Å²) in [5.41, 5.74) is 0.450. The third-order valence-electron chi connectivity index (χ3n) is 4.01. The van der Waals surface area contributed by atoms with Crippen LogP contribution in [0, 0.1) is 17.5 Å². The molecule has 0 radical (unpaired) electrons. The fraction of sp³-hybridized carbons (Fsp3) is 0.0526. The second-order valence-corrected chi connectivity index (χ2v) is 7.23. The molecule has 0 atom stereocenters. The zero-order valence-electron chi connectivity index (χ0n) is 14.0. The van der Waals surface area contributed by atoms with E-state index in [0.29, 0.717) is 0 Å². The minimum atomic E-state index is -4.13. The lowest BCUT2D eigenvalue weighted by atomic mass is 9.94. The summed E-state index contributed by atoms with van der Waals surface area (Å²) < 4.78 is 70.6. The molecule has 0 saturated heterocycles. The molecule has 0 aliphatic carbocycles. The highest BCUT2D eigenvalue weighted by Gasteiger charge is 2.20. The summed E-state index contributed by atoms with van der Waals surface area (Å²) in [6, 6.07) is 11.3. The van der Waals surface area contributed by atoms with E-state index in [2.05, 4.69) is 0 Å². The van der Waals surface area contributed by atoms with Gasteiger partial charge < -0.3 is 4.74 Å². The summed E-state index contributed by atoms with van der Waals surface area (Å²) in [5.74, 6) is -3.05. The standard InChI is InChI=1S/C19H14F3NO3S/c1-26-18-7-6-11(8-17(18)22)13-9-15(20)16(21)10-14(13)12-4-2-3-5-19(12)27(23,24)25/h2-10H,1H3,(H2,23,24,25). The Morgan fingerprint density at radius 2 is 1.44 bits per heavy atom. The predicted molar refractivity (Wildman–Crippen MR) is 95.1 cm³/mol. The van der Waals surface area contributed by atoms with Gasteiger partial charge in [-0.05, 0) is 47.0 Å². The second kappa shape index (κ2) is 7.05. The van der Waals surface area contributed by atoms with Gasteiger partial charge in [-0.1, -0.05) is 24.3 Å². The highest BCUT2D eigenvalue weighted by Crippen LogP contribution is 2.37. The fourth-order valence-electron chi connectivity index (χ4n) is 2.78. The summed E-state index contributed by atoms with van der Waals surface area (Å²) in [4.78, 5) is -0.258. The number of hydrogen-bond donors (Lipinski definition) is 1. The first kappa shape index (κ1) is 18.9. The number of primary sulfonamides is 1. The Labute approximate surface area is 154 Å². The Hall–Kier alpha value is -2.84. The molecule has 140 valence electrons. The summed E-state index contributed by atoms with van der Waals surface area (Å²) in [7, 11) is -2.84. The highest BCUT2D eigenvalue weighted by molar-refractivity contribution is 7.89. The molecule has 27 heavy (non-hydrogen) atoms. The Balaban J connectivity index is 2.33. The van der Waals surface area contributed by atoms with Crippen molar-refractivity contribution in [2.24, 2.45) is 5.14 Å². The van der Waals surface area contributed by atoms with Crippen LogP contribution in [0.15, 0.2) is 59.5 Å². The monoisotopic (exact) mass is 393 g/mol. The summed E-state index contributed by atoms with van der Waals surface area (Å²) in [6.07, 6.45) is 0. The third kappa shape index (κ3) is 3.67. The maximum atomic E-state index is 14.1. The van der Waals surface area contributed by atoms with E-state index in [1.807, 2.05) is 0 Å². The van der Waals surface area contributed by atoms with Crippen molar-refractivity contribution in [1.82, 2.24) is 0 Å². The third-order valence-corrected chi connectivity index (χ3v) is 4.98. The molecule has 0 bridgehead atoms. The van der Waals surface area contributed by atoms with Gasteiger partial charge in [-0.15, -0.1) is 0 Å². The Morgan fingerprint density at radius 3 is 2.04 bits per heavy atom. The van der Waals surface area contributed by atoms with Gasteiger partial charge in [0.2, 0.25) is 10.0 Å². The number of ether oxygens (including phenoxy) is 1. The van der Waals surface area contributed by atoms with Crippen LogP contribution in [0.1, 0.15) is 0 Å². The molecule has 0 aliphatic heterocycles. The van der Waals surface area contributed by atoms with E-state index in [-0.39, 0.29) is 32.9 Å². The van der Waals surface area contributed by atoms with Crippen molar-refractivity contribution in [1.29, 1.82) is 0 Å². The van der Waals surface area contributed by atoms with E-state index < -0.39 is 27.5 Å². The van der Waals surface area contributed by atoms with E-state index in [1.54, 1.807) is 0 Å². The number of rotatable bonds is 4. The van der Waals surface area contributed by atoms with Crippen LogP contribution >= 0.6 is 0 Å². The van der Waals surface area contributed by atoms with Crippen molar-refractivity contribution in [3.8, 4) is 28.0 Å². The molecule has 3 aromatic carbocycles. The van der Waals surface area contributed by atoms with Crippen molar-refractivity contribution in [2.75, 3.05) is 7.11 Å². The normalized spacial score (nSPS) is 11.4. The van der Waals surface area contributed by atoms with Gasteiger partial charge >= 0.3 is 0 Å². The van der Waals surface area contributed by atoms with Gasteiger partial charge in [-0.3, -0.25) is 0 Å². The zero-order valence-corrected chi connectivity index (χ0v) is 14.9. The molecule has 0 heterocycles. The first-order chi connectivity index (χ1) is 12.7. The van der Waals surface area contributed by atoms with E-state index >= 15 is 0 Å². The van der Waals surface area contributed by atoms with Crippen LogP contribution in [0.2, 0.25) is 0 Å². The lowest BCUT2D eigenvalue weighted by Gasteiger charge is -2.14. The van der Waals surface area contributed by atoms with E-state index in [1.165, 1.54) is 43.5 Å². The Kier molecular flexibility index (Phi) is 4.95. The molecule has 0 spiro atoms. The van der Waals surface area contributed by atoms with Gasteiger partial charge in [-0.25, -0.2) is 26.7 Å². The minimum absolute atomic E-state index is 0.0205. The molecule has 0 aliphatic rings. The molecule has 8 heteroatoms. The largest absolute Gasteiger partial charge is 0.494 e. The van der Waals surface area contributed by atoms with Crippen molar-refractivity contribution < 1.29 is 26.3 Å². The van der Waals surface area contributed by atoms with E-state index in [4.69, 9.17) is 9.88 Å². The average molecular weight is 393 g/mol. The summed E-state index contributed by atoms with van der Waals surface area (Å²) in [5, 5.41) is 5.24. The first-order valence-electron chi connectivity index (χ1n) is 7.67. The number of hydrogen-bond acceptors (Lipinski definition) is 3. The van der Waals surface area contributed by atoms with Gasteiger partial charge in [-0.2, -0.15) is 0 Å². The van der Waals surface area contributed by atoms with Crippen molar-refractivity contribution in [3.63, 3.8) is 0 Å². The van der Waals surface area contributed by atoms with Gasteiger partial charge in [0.15, 0.2) is 23.2 Å². The van der Waals surface area contributed by atoms with Crippen LogP contribution in [-0.2, 0) is 10.0 Å². The first-order valence-corrected chi connectivity index (χ1v) is 9.22.